The quantitative estimate of drug-likeness (QED) is 0.486. The molecule has 4 fully saturated rings. The Morgan fingerprint density at radius 3 is 2.70 bits per heavy atom. The smallest absolute Gasteiger partial charge is 0.313 e. The highest BCUT2D eigenvalue weighted by molar-refractivity contribution is 5.85. The molecule has 5 heteroatoms. The monoisotopic (exact) mass is 410 g/mol. The van der Waals surface area contributed by atoms with Crippen LogP contribution in [-0.4, -0.2) is 30.4 Å². The van der Waals surface area contributed by atoms with E-state index in [2.05, 4.69) is 26.0 Å². The average Bonchev–Trinajstić information content (AvgIpc) is 3.36. The van der Waals surface area contributed by atoms with Crippen LogP contribution in [0.1, 0.15) is 58.8 Å². The number of hydrogen-bond acceptors (Lipinski definition) is 5. The second-order valence-corrected chi connectivity index (χ2v) is 11.0. The molecule has 1 aliphatic heterocycles. The summed E-state index contributed by atoms with van der Waals surface area (Å²) in [7, 11) is 1.46. The van der Waals surface area contributed by atoms with Crippen molar-refractivity contribution in [2.24, 2.45) is 40.4 Å². The van der Waals surface area contributed by atoms with Crippen LogP contribution < -0.4 is 0 Å². The molecule has 3 saturated carbocycles. The summed E-state index contributed by atoms with van der Waals surface area (Å²) in [4.78, 5) is 37.4. The van der Waals surface area contributed by atoms with Crippen LogP contribution in [0, 0.1) is 40.4 Å². The molecular weight excluding hydrogens is 380 g/mol. The Balaban J connectivity index is 1.51. The second-order valence-electron chi connectivity index (χ2n) is 11.0. The molecule has 5 aliphatic carbocycles. The standard InChI is InChI=1S/C25H30O5/c1-23-7-4-14(26)10-13(23)11-16(22(28)29-3)20-17(23)5-8-24(2)21(20)15-12-18(15)25(24)9-6-19(27)30-25/h5,11,15-16,18,20-21H,4,6-10,12H2,1-3H3/t15-,16-,18+,20?,21?,23+,24+,25+/m1/s1. The fourth-order valence-electron chi connectivity index (χ4n) is 8.50. The first kappa shape index (κ1) is 18.8. The summed E-state index contributed by atoms with van der Waals surface area (Å²) in [5, 5.41) is 0. The number of ether oxygens (including phenoxy) is 2. The molecule has 160 valence electrons. The van der Waals surface area contributed by atoms with Crippen molar-refractivity contribution in [3.8, 4) is 0 Å². The van der Waals surface area contributed by atoms with Crippen LogP contribution in [-0.2, 0) is 23.9 Å². The minimum Gasteiger partial charge on any atom is -0.469 e. The van der Waals surface area contributed by atoms with Crippen molar-refractivity contribution in [1.82, 2.24) is 0 Å². The summed E-state index contributed by atoms with van der Waals surface area (Å²) in [5.41, 5.74) is 1.80. The Bertz CT molecular complexity index is 945. The Labute approximate surface area is 177 Å². The van der Waals surface area contributed by atoms with Crippen LogP contribution in [0.15, 0.2) is 23.3 Å². The SMILES string of the molecule is COC(=O)[C@@H]1C=C2CC(=O)CC[C@]2(C)C2=CC[C@@]3(C)C(C21)[C@@H]1C[C@@H]1[C@@]31CCC(=O)O1. The maximum Gasteiger partial charge on any atom is 0.313 e. The zero-order chi connectivity index (χ0) is 21.1. The molecule has 8 atom stereocenters. The van der Waals surface area contributed by atoms with Gasteiger partial charge in [0.15, 0.2) is 0 Å². The van der Waals surface area contributed by atoms with Gasteiger partial charge in [-0.25, -0.2) is 0 Å². The Kier molecular flexibility index (Phi) is 3.55. The summed E-state index contributed by atoms with van der Waals surface area (Å²) < 4.78 is 11.4. The van der Waals surface area contributed by atoms with E-state index in [1.54, 1.807) is 0 Å². The van der Waals surface area contributed by atoms with Crippen LogP contribution in [0.4, 0.5) is 0 Å². The van der Waals surface area contributed by atoms with Gasteiger partial charge in [0.25, 0.3) is 0 Å². The number of fused-ring (bicyclic) bond motifs is 9. The van der Waals surface area contributed by atoms with E-state index in [4.69, 9.17) is 9.47 Å². The number of methoxy groups -OCH3 is 1. The molecule has 0 aromatic carbocycles. The van der Waals surface area contributed by atoms with Gasteiger partial charge in [0.2, 0.25) is 0 Å². The van der Waals surface area contributed by atoms with Crippen LogP contribution in [0.25, 0.3) is 0 Å². The lowest BCUT2D eigenvalue weighted by atomic mass is 9.48. The second kappa shape index (κ2) is 5.66. The third-order valence-corrected chi connectivity index (χ3v) is 9.97. The van der Waals surface area contributed by atoms with Crippen molar-refractivity contribution in [3.63, 3.8) is 0 Å². The van der Waals surface area contributed by atoms with Crippen LogP contribution >= 0.6 is 0 Å². The van der Waals surface area contributed by atoms with Crippen LogP contribution in [0.5, 0.6) is 0 Å². The van der Waals surface area contributed by atoms with Gasteiger partial charge in [0.1, 0.15) is 11.4 Å². The van der Waals surface area contributed by atoms with Crippen molar-refractivity contribution < 1.29 is 23.9 Å². The molecule has 0 N–H and O–H groups in total. The lowest BCUT2D eigenvalue weighted by Gasteiger charge is -2.56. The lowest BCUT2D eigenvalue weighted by molar-refractivity contribution is -0.168. The highest BCUT2D eigenvalue weighted by Crippen LogP contribution is 2.78. The van der Waals surface area contributed by atoms with Gasteiger partial charge in [-0.05, 0) is 37.5 Å². The molecule has 1 saturated heterocycles. The summed E-state index contributed by atoms with van der Waals surface area (Å²) in [6, 6.07) is 0. The number of Topliss-reactive ketones (excluding diaryl/α,β-unsaturated/α-hetero) is 1. The number of hydrogen-bond donors (Lipinski definition) is 0. The minimum absolute atomic E-state index is 0.0644. The van der Waals surface area contributed by atoms with E-state index in [0.717, 1.165) is 31.3 Å². The molecule has 0 aromatic rings. The van der Waals surface area contributed by atoms with Crippen molar-refractivity contribution in [2.75, 3.05) is 7.11 Å². The van der Waals surface area contributed by atoms with Gasteiger partial charge >= 0.3 is 11.9 Å². The number of allylic oxidation sites excluding steroid dienone is 3. The first-order chi connectivity index (χ1) is 14.2. The van der Waals surface area contributed by atoms with E-state index in [1.165, 1.54) is 12.7 Å². The maximum atomic E-state index is 13.0. The van der Waals surface area contributed by atoms with Gasteiger partial charge in [0.05, 0.1) is 13.0 Å². The number of carbonyl (C=O) groups is 3. The number of rotatable bonds is 1. The van der Waals surface area contributed by atoms with Crippen molar-refractivity contribution in [2.45, 2.75) is 64.4 Å². The molecular formula is C25H30O5. The molecule has 1 spiro atoms. The molecule has 1 heterocycles. The highest BCUT2D eigenvalue weighted by Gasteiger charge is 2.79. The zero-order valence-electron chi connectivity index (χ0n) is 18.0. The Hall–Kier alpha value is -1.91. The summed E-state index contributed by atoms with van der Waals surface area (Å²) in [6.45, 7) is 4.57. The highest BCUT2D eigenvalue weighted by atomic mass is 16.6. The predicted octanol–water partition coefficient (Wildman–Crippen LogP) is 3.77. The van der Waals surface area contributed by atoms with Crippen molar-refractivity contribution in [1.29, 1.82) is 0 Å². The van der Waals surface area contributed by atoms with Crippen LogP contribution in [0.3, 0.4) is 0 Å². The molecule has 30 heavy (non-hydrogen) atoms. The molecule has 0 radical (unpaired) electrons. The van der Waals surface area contributed by atoms with Crippen molar-refractivity contribution >= 4 is 17.7 Å². The average molecular weight is 411 g/mol. The predicted molar refractivity (Wildman–Crippen MR) is 108 cm³/mol. The minimum atomic E-state index is -0.366. The van der Waals surface area contributed by atoms with E-state index >= 15 is 0 Å². The first-order valence-corrected chi connectivity index (χ1v) is 11.5. The number of esters is 2. The fourth-order valence-corrected chi connectivity index (χ4v) is 8.50. The van der Waals surface area contributed by atoms with E-state index in [-0.39, 0.29) is 46.0 Å². The maximum absolute atomic E-state index is 13.0. The molecule has 6 aliphatic rings. The van der Waals surface area contributed by atoms with E-state index in [9.17, 15) is 14.4 Å². The van der Waals surface area contributed by atoms with Gasteiger partial charge in [-0.1, -0.05) is 37.1 Å². The Morgan fingerprint density at radius 2 is 2.00 bits per heavy atom. The van der Waals surface area contributed by atoms with Gasteiger partial charge in [-0.3, -0.25) is 14.4 Å². The first-order valence-electron chi connectivity index (χ1n) is 11.5. The molecule has 2 unspecified atom stereocenters. The summed E-state index contributed by atoms with van der Waals surface area (Å²) >= 11 is 0. The molecule has 0 bridgehead atoms. The summed E-state index contributed by atoms with van der Waals surface area (Å²) in [6.07, 6.45) is 9.62. The zero-order valence-corrected chi connectivity index (χ0v) is 18.0. The molecule has 6 rings (SSSR count). The molecule has 0 amide bonds. The molecule has 5 nitrogen and oxygen atoms in total. The Morgan fingerprint density at radius 1 is 1.20 bits per heavy atom. The third-order valence-electron chi connectivity index (χ3n) is 9.97. The topological polar surface area (TPSA) is 69.7 Å². The van der Waals surface area contributed by atoms with E-state index in [0.29, 0.717) is 37.0 Å². The number of carbonyl (C=O) groups excluding carboxylic acids is 3. The van der Waals surface area contributed by atoms with Gasteiger partial charge < -0.3 is 9.47 Å². The van der Waals surface area contributed by atoms with E-state index < -0.39 is 0 Å². The van der Waals surface area contributed by atoms with E-state index in [1.807, 2.05) is 0 Å². The van der Waals surface area contributed by atoms with Crippen molar-refractivity contribution in [3.05, 3.63) is 23.3 Å². The van der Waals surface area contributed by atoms with Crippen LogP contribution in [0.2, 0.25) is 0 Å². The van der Waals surface area contributed by atoms with Gasteiger partial charge in [0, 0.05) is 41.9 Å². The van der Waals surface area contributed by atoms with Gasteiger partial charge in [-0.2, -0.15) is 0 Å². The molecule has 0 aromatic heterocycles. The summed E-state index contributed by atoms with van der Waals surface area (Å²) in [5.74, 6) is 0.961. The number of ketones is 1. The largest absolute Gasteiger partial charge is 0.469 e. The lowest BCUT2D eigenvalue weighted by Crippen LogP contribution is -2.55. The van der Waals surface area contributed by atoms with Gasteiger partial charge in [-0.15, -0.1) is 0 Å². The normalized spacial score (nSPS) is 50.6. The fraction of sp³-hybridized carbons (Fsp3) is 0.720. The third kappa shape index (κ3) is 2.02.